The van der Waals surface area contributed by atoms with Crippen LogP contribution in [0.25, 0.3) is 11.1 Å². The Morgan fingerprint density at radius 3 is 2.70 bits per heavy atom. The molecule has 1 aliphatic rings. The molecule has 0 atom stereocenters. The minimum Gasteiger partial charge on any atom is -0.408 e. The summed E-state index contributed by atoms with van der Waals surface area (Å²) in [5, 5.41) is 9.57. The summed E-state index contributed by atoms with van der Waals surface area (Å²) in [6, 6.07) is 4.34. The number of nitrogens with one attached hydrogen (secondary N) is 1. The third kappa shape index (κ3) is 2.93. The van der Waals surface area contributed by atoms with Crippen LogP contribution >= 0.6 is 0 Å². The zero-order valence-electron chi connectivity index (χ0n) is 12.9. The molecular weight excluding hydrogens is 320 g/mol. The van der Waals surface area contributed by atoms with Crippen LogP contribution in [0.2, 0.25) is 0 Å². The van der Waals surface area contributed by atoms with Crippen LogP contribution in [0.1, 0.15) is 25.7 Å². The molecule has 7 nitrogen and oxygen atoms in total. The van der Waals surface area contributed by atoms with E-state index in [1.807, 2.05) is 0 Å². The minimum absolute atomic E-state index is 0.0257. The van der Waals surface area contributed by atoms with Crippen molar-refractivity contribution in [1.82, 2.24) is 9.29 Å². The monoisotopic (exact) mass is 340 g/mol. The number of rotatable bonds is 5. The number of hydrogen-bond acceptors (Lipinski definition) is 5. The van der Waals surface area contributed by atoms with E-state index in [-0.39, 0.29) is 29.0 Å². The second-order valence-corrected chi connectivity index (χ2v) is 8.01. The lowest BCUT2D eigenvalue weighted by Crippen LogP contribution is -2.38. The summed E-state index contributed by atoms with van der Waals surface area (Å²) in [6.07, 6.45) is 3.64. The van der Waals surface area contributed by atoms with Crippen LogP contribution in [0, 0.1) is 5.41 Å². The van der Waals surface area contributed by atoms with Gasteiger partial charge in [-0.15, -0.1) is 0 Å². The van der Waals surface area contributed by atoms with Gasteiger partial charge in [-0.2, -0.15) is 0 Å². The SMILES string of the molecule is Cn1c(=O)oc2cc(S(=O)(=O)NCC3(CO)CCCC3)ccc21. The Morgan fingerprint density at radius 1 is 1.35 bits per heavy atom. The Bertz CT molecular complexity index is 875. The molecule has 0 unspecified atom stereocenters. The van der Waals surface area contributed by atoms with Crippen LogP contribution in [0.3, 0.4) is 0 Å². The lowest BCUT2D eigenvalue weighted by molar-refractivity contribution is 0.134. The molecule has 2 N–H and O–H groups in total. The number of oxazole rings is 1. The quantitative estimate of drug-likeness (QED) is 0.844. The predicted molar refractivity (Wildman–Crippen MR) is 84.6 cm³/mol. The lowest BCUT2D eigenvalue weighted by atomic mass is 9.88. The minimum atomic E-state index is -3.72. The van der Waals surface area contributed by atoms with Crippen LogP contribution in [-0.2, 0) is 17.1 Å². The maximum Gasteiger partial charge on any atom is 0.419 e. The maximum absolute atomic E-state index is 12.5. The van der Waals surface area contributed by atoms with E-state index in [9.17, 15) is 18.3 Å². The van der Waals surface area contributed by atoms with E-state index in [0.29, 0.717) is 5.52 Å². The number of sulfonamides is 1. The molecular formula is C15H20N2O5S. The summed E-state index contributed by atoms with van der Waals surface area (Å²) >= 11 is 0. The lowest BCUT2D eigenvalue weighted by Gasteiger charge is -2.26. The zero-order chi connectivity index (χ0) is 16.7. The van der Waals surface area contributed by atoms with Gasteiger partial charge in [-0.05, 0) is 25.0 Å². The fraction of sp³-hybridized carbons (Fsp3) is 0.533. The van der Waals surface area contributed by atoms with Gasteiger partial charge < -0.3 is 9.52 Å². The van der Waals surface area contributed by atoms with Gasteiger partial charge in [0.15, 0.2) is 5.58 Å². The van der Waals surface area contributed by atoms with Crippen molar-refractivity contribution in [2.24, 2.45) is 12.5 Å². The third-order valence-corrected chi connectivity index (χ3v) is 6.11. The van der Waals surface area contributed by atoms with E-state index >= 15 is 0 Å². The average Bonchev–Trinajstić information content (AvgIpc) is 3.12. The number of fused-ring (bicyclic) bond motifs is 1. The Labute approximate surface area is 134 Å². The van der Waals surface area contributed by atoms with Gasteiger partial charge >= 0.3 is 5.76 Å². The van der Waals surface area contributed by atoms with Gasteiger partial charge in [0.05, 0.1) is 10.4 Å². The maximum atomic E-state index is 12.5. The molecule has 1 fully saturated rings. The third-order valence-electron chi connectivity index (χ3n) is 4.71. The van der Waals surface area contributed by atoms with Crippen LogP contribution in [0.15, 0.2) is 32.3 Å². The average molecular weight is 340 g/mol. The van der Waals surface area contributed by atoms with Gasteiger partial charge in [0.2, 0.25) is 10.0 Å². The van der Waals surface area contributed by atoms with Crippen molar-refractivity contribution >= 4 is 21.1 Å². The molecule has 126 valence electrons. The molecule has 8 heteroatoms. The van der Waals surface area contributed by atoms with E-state index in [1.54, 1.807) is 13.1 Å². The molecule has 0 radical (unpaired) electrons. The topological polar surface area (TPSA) is 102 Å². The van der Waals surface area contributed by atoms with Crippen molar-refractivity contribution in [2.75, 3.05) is 13.2 Å². The Balaban J connectivity index is 1.86. The first-order chi connectivity index (χ1) is 10.9. The molecule has 23 heavy (non-hydrogen) atoms. The Hall–Kier alpha value is -1.64. The highest BCUT2D eigenvalue weighted by atomic mass is 32.2. The highest BCUT2D eigenvalue weighted by Gasteiger charge is 2.34. The first-order valence-electron chi connectivity index (χ1n) is 7.57. The molecule has 3 rings (SSSR count). The number of aryl methyl sites for hydroxylation is 1. The molecule has 1 heterocycles. The Morgan fingerprint density at radius 2 is 2.04 bits per heavy atom. The van der Waals surface area contributed by atoms with Gasteiger partial charge in [0.1, 0.15) is 0 Å². The first kappa shape index (κ1) is 16.2. The van der Waals surface area contributed by atoms with Crippen molar-refractivity contribution in [3.8, 4) is 0 Å². The smallest absolute Gasteiger partial charge is 0.408 e. The highest BCUT2D eigenvalue weighted by molar-refractivity contribution is 7.89. The second kappa shape index (κ2) is 5.77. The van der Waals surface area contributed by atoms with Crippen LogP contribution in [0.5, 0.6) is 0 Å². The van der Waals surface area contributed by atoms with Gasteiger partial charge in [0, 0.05) is 31.7 Å². The predicted octanol–water partition coefficient (Wildman–Crippen LogP) is 0.962. The molecule has 1 saturated carbocycles. The molecule has 0 amide bonds. The molecule has 2 aromatic rings. The summed E-state index contributed by atoms with van der Waals surface area (Å²) in [4.78, 5) is 11.5. The first-order valence-corrected chi connectivity index (χ1v) is 9.05. The van der Waals surface area contributed by atoms with E-state index < -0.39 is 15.8 Å². The summed E-state index contributed by atoms with van der Waals surface area (Å²) in [6.45, 7) is 0.185. The molecule has 1 aromatic carbocycles. The van der Waals surface area contributed by atoms with E-state index in [1.165, 1.54) is 16.7 Å². The molecule has 0 spiro atoms. The number of aliphatic hydroxyl groups excluding tert-OH is 1. The molecule has 1 aromatic heterocycles. The van der Waals surface area contributed by atoms with Crippen molar-refractivity contribution < 1.29 is 17.9 Å². The van der Waals surface area contributed by atoms with Gasteiger partial charge in [-0.25, -0.2) is 17.9 Å². The molecule has 1 aliphatic carbocycles. The fourth-order valence-electron chi connectivity index (χ4n) is 3.13. The summed E-state index contributed by atoms with van der Waals surface area (Å²) in [5.41, 5.74) is 0.408. The van der Waals surface area contributed by atoms with Crippen molar-refractivity contribution in [2.45, 2.75) is 30.6 Å². The van der Waals surface area contributed by atoms with Gasteiger partial charge in [0.25, 0.3) is 0 Å². The summed E-state index contributed by atoms with van der Waals surface area (Å²) in [5.74, 6) is -0.535. The second-order valence-electron chi connectivity index (χ2n) is 6.25. The Kier molecular flexibility index (Phi) is 4.07. The van der Waals surface area contributed by atoms with Crippen molar-refractivity contribution in [3.05, 3.63) is 28.7 Å². The van der Waals surface area contributed by atoms with Crippen molar-refractivity contribution in [3.63, 3.8) is 0 Å². The van der Waals surface area contributed by atoms with Gasteiger partial charge in [-0.3, -0.25) is 4.57 Å². The molecule has 0 bridgehead atoms. The summed E-state index contributed by atoms with van der Waals surface area (Å²) < 4.78 is 33.9. The van der Waals surface area contributed by atoms with Crippen molar-refractivity contribution in [1.29, 1.82) is 0 Å². The van der Waals surface area contributed by atoms with E-state index in [0.717, 1.165) is 25.7 Å². The van der Waals surface area contributed by atoms with Crippen LogP contribution in [-0.4, -0.2) is 31.2 Å². The van der Waals surface area contributed by atoms with Crippen LogP contribution < -0.4 is 10.5 Å². The van der Waals surface area contributed by atoms with E-state index in [4.69, 9.17) is 4.42 Å². The number of nitrogens with zero attached hydrogens (tertiary/aromatic N) is 1. The summed E-state index contributed by atoms with van der Waals surface area (Å²) in [7, 11) is -2.16. The van der Waals surface area contributed by atoms with Gasteiger partial charge in [-0.1, -0.05) is 12.8 Å². The number of aromatic nitrogens is 1. The number of aliphatic hydroxyl groups is 1. The van der Waals surface area contributed by atoms with E-state index in [2.05, 4.69) is 4.72 Å². The van der Waals surface area contributed by atoms with Crippen LogP contribution in [0.4, 0.5) is 0 Å². The standard InChI is InChI=1S/C15H20N2O5S/c1-17-12-5-4-11(8-13(12)22-14(17)19)23(20,21)16-9-15(10-18)6-2-3-7-15/h4-5,8,16,18H,2-3,6-7,9-10H2,1H3. The number of benzene rings is 1. The molecule has 0 aliphatic heterocycles. The fourth-order valence-corrected chi connectivity index (χ4v) is 4.30. The number of hydrogen-bond donors (Lipinski definition) is 2. The largest absolute Gasteiger partial charge is 0.419 e. The zero-order valence-corrected chi connectivity index (χ0v) is 13.7. The molecule has 0 saturated heterocycles. The normalized spacial score (nSPS) is 17.8. The highest BCUT2D eigenvalue weighted by Crippen LogP contribution is 2.37.